The number of benzene rings is 3. The van der Waals surface area contributed by atoms with Crippen LogP contribution in [-0.2, 0) is 19.6 Å². The number of para-hydroxylation sites is 2. The lowest BCUT2D eigenvalue weighted by Crippen LogP contribution is -2.33. The quantitative estimate of drug-likeness (QED) is 0.536. The molecule has 1 atom stereocenters. The molecule has 1 saturated heterocycles. The van der Waals surface area contributed by atoms with Crippen LogP contribution in [-0.4, -0.2) is 30.6 Å². The normalized spacial score (nSPS) is 17.4. The number of nitrogens with one attached hydrogen (secondary N) is 1. The summed E-state index contributed by atoms with van der Waals surface area (Å²) in [7, 11) is -4.11. The molecule has 7 nitrogen and oxygen atoms in total. The predicted octanol–water partition coefficient (Wildman–Crippen LogP) is 4.56. The molecular formula is C23H18ClN3O4S2. The minimum Gasteiger partial charge on any atom is -0.326 e. The van der Waals surface area contributed by atoms with Crippen LogP contribution >= 0.6 is 23.4 Å². The molecule has 1 N–H and O–H groups in total. The number of thioether (sulfide) groups is 1. The Kier molecular flexibility index (Phi) is 6.83. The molecule has 0 radical (unpaired) electrons. The Balaban J connectivity index is 1.63. The molecule has 0 aliphatic carbocycles. The predicted molar refractivity (Wildman–Crippen MR) is 131 cm³/mol. The van der Waals surface area contributed by atoms with E-state index in [1.807, 2.05) is 6.07 Å². The Bertz CT molecular complexity index is 1300. The third-order valence-corrected chi connectivity index (χ3v) is 7.47. The number of carbonyl (C=O) groups excluding carboxylic acids is 2. The fraction of sp³-hybridized carbons (Fsp3) is 0.0870. The molecule has 0 bridgehead atoms. The van der Waals surface area contributed by atoms with E-state index in [2.05, 4.69) is 9.71 Å². The van der Waals surface area contributed by atoms with Crippen molar-refractivity contribution in [1.82, 2.24) is 0 Å². The number of sulfonamides is 1. The van der Waals surface area contributed by atoms with Crippen molar-refractivity contribution in [3.63, 3.8) is 0 Å². The third-order valence-electron chi connectivity index (χ3n) is 4.69. The molecular weight excluding hydrogens is 482 g/mol. The highest BCUT2D eigenvalue weighted by Gasteiger charge is 2.41. The second-order valence-electron chi connectivity index (χ2n) is 7.04. The molecule has 3 aromatic rings. The van der Waals surface area contributed by atoms with Crippen LogP contribution in [0.4, 0.5) is 11.4 Å². The maximum absolute atomic E-state index is 13.2. The number of anilines is 2. The van der Waals surface area contributed by atoms with E-state index in [0.717, 1.165) is 11.8 Å². The number of amides is 2. The van der Waals surface area contributed by atoms with Gasteiger partial charge in [-0.15, -0.1) is 4.40 Å². The van der Waals surface area contributed by atoms with E-state index in [1.165, 1.54) is 29.2 Å². The highest BCUT2D eigenvalue weighted by molar-refractivity contribution is 8.16. The summed E-state index contributed by atoms with van der Waals surface area (Å²) in [5, 5.41) is 2.29. The lowest BCUT2D eigenvalue weighted by Gasteiger charge is -2.16. The largest absolute Gasteiger partial charge is 0.326 e. The summed E-state index contributed by atoms with van der Waals surface area (Å²) in [6.07, 6.45) is -0.137. The second kappa shape index (κ2) is 9.78. The number of hydrogen-bond donors (Lipinski definition) is 1. The first kappa shape index (κ1) is 23.0. The van der Waals surface area contributed by atoms with Gasteiger partial charge in [0.2, 0.25) is 11.8 Å². The molecule has 0 spiro atoms. The molecule has 0 aromatic heterocycles. The summed E-state index contributed by atoms with van der Waals surface area (Å²) in [6, 6.07) is 23.1. The molecule has 0 saturated carbocycles. The first-order valence-electron chi connectivity index (χ1n) is 9.84. The molecule has 1 aliphatic rings. The molecule has 1 heterocycles. The van der Waals surface area contributed by atoms with Gasteiger partial charge in [-0.3, -0.25) is 14.5 Å². The van der Waals surface area contributed by atoms with Crippen LogP contribution in [0.15, 0.2) is 94.2 Å². The van der Waals surface area contributed by atoms with Crippen LogP contribution in [0, 0.1) is 0 Å². The van der Waals surface area contributed by atoms with Crippen molar-refractivity contribution in [1.29, 1.82) is 0 Å². The van der Waals surface area contributed by atoms with Crippen LogP contribution in [0.1, 0.15) is 6.42 Å². The van der Waals surface area contributed by atoms with Gasteiger partial charge in [0.05, 0.1) is 10.6 Å². The van der Waals surface area contributed by atoms with Crippen molar-refractivity contribution < 1.29 is 18.0 Å². The minimum atomic E-state index is -4.11. The van der Waals surface area contributed by atoms with Gasteiger partial charge in [0, 0.05) is 17.1 Å². The van der Waals surface area contributed by atoms with E-state index in [4.69, 9.17) is 11.6 Å². The highest BCUT2D eigenvalue weighted by atomic mass is 35.5. The van der Waals surface area contributed by atoms with Crippen molar-refractivity contribution in [2.75, 3.05) is 10.2 Å². The molecule has 1 unspecified atom stereocenters. The fourth-order valence-corrected chi connectivity index (χ4v) is 5.60. The number of nitrogens with zero attached hydrogens (tertiary/aromatic N) is 2. The standard InChI is InChI=1S/C23H18ClN3O4S2/c24-16-11-13-19(14-12-16)33(30,31)26-23-27(18-9-5-2-6-10-18)22(29)20(32-23)15-21(28)25-17-7-3-1-4-8-17/h1-14,20H,15H2,(H,25,28). The monoisotopic (exact) mass is 499 g/mol. The average Bonchev–Trinajstić information content (AvgIpc) is 3.09. The number of rotatable bonds is 6. The summed E-state index contributed by atoms with van der Waals surface area (Å²) in [4.78, 5) is 26.9. The van der Waals surface area contributed by atoms with E-state index < -0.39 is 21.2 Å². The Morgan fingerprint density at radius 3 is 2.21 bits per heavy atom. The topological polar surface area (TPSA) is 95.9 Å². The van der Waals surface area contributed by atoms with Crippen LogP contribution in [0.3, 0.4) is 0 Å². The molecule has 1 fully saturated rings. The van der Waals surface area contributed by atoms with E-state index in [9.17, 15) is 18.0 Å². The number of halogens is 1. The summed E-state index contributed by atoms with van der Waals surface area (Å²) >= 11 is 6.80. The van der Waals surface area contributed by atoms with Gasteiger partial charge in [-0.1, -0.05) is 59.8 Å². The van der Waals surface area contributed by atoms with Crippen LogP contribution in [0.5, 0.6) is 0 Å². The minimum absolute atomic E-state index is 0.0151. The zero-order chi connectivity index (χ0) is 23.4. The van der Waals surface area contributed by atoms with Crippen molar-refractivity contribution >= 4 is 61.7 Å². The molecule has 168 valence electrons. The summed E-state index contributed by atoms with van der Waals surface area (Å²) < 4.78 is 29.7. The number of amidine groups is 1. The lowest BCUT2D eigenvalue weighted by molar-refractivity contribution is -0.121. The molecule has 3 aromatic carbocycles. The smallest absolute Gasteiger partial charge is 0.284 e. The van der Waals surface area contributed by atoms with Gasteiger partial charge >= 0.3 is 0 Å². The maximum Gasteiger partial charge on any atom is 0.284 e. The van der Waals surface area contributed by atoms with Crippen molar-refractivity contribution in [3.8, 4) is 0 Å². The van der Waals surface area contributed by atoms with Crippen molar-refractivity contribution in [3.05, 3.63) is 90.0 Å². The SMILES string of the molecule is O=C(CC1SC(=NS(=O)(=O)c2ccc(Cl)cc2)N(c2ccccc2)C1=O)Nc1ccccc1. The van der Waals surface area contributed by atoms with Gasteiger partial charge in [-0.05, 0) is 48.5 Å². The van der Waals surface area contributed by atoms with Crippen LogP contribution in [0.2, 0.25) is 5.02 Å². The van der Waals surface area contributed by atoms with Gasteiger partial charge in [0.25, 0.3) is 10.0 Å². The van der Waals surface area contributed by atoms with Gasteiger partial charge in [-0.25, -0.2) is 0 Å². The second-order valence-corrected chi connectivity index (χ2v) is 10.2. The lowest BCUT2D eigenvalue weighted by atomic mass is 10.2. The molecule has 1 aliphatic heterocycles. The zero-order valence-electron chi connectivity index (χ0n) is 17.1. The first-order valence-corrected chi connectivity index (χ1v) is 12.5. The number of hydrogen-bond acceptors (Lipinski definition) is 5. The van der Waals surface area contributed by atoms with Crippen LogP contribution < -0.4 is 10.2 Å². The molecule has 33 heavy (non-hydrogen) atoms. The van der Waals surface area contributed by atoms with Gasteiger partial charge in [0.15, 0.2) is 5.17 Å². The van der Waals surface area contributed by atoms with Gasteiger partial charge in [0.1, 0.15) is 5.25 Å². The van der Waals surface area contributed by atoms with E-state index in [-0.39, 0.29) is 22.4 Å². The first-order chi connectivity index (χ1) is 15.8. The Labute approximate surface area is 200 Å². The van der Waals surface area contributed by atoms with Gasteiger partial charge in [-0.2, -0.15) is 8.42 Å². The molecule has 2 amide bonds. The Morgan fingerprint density at radius 2 is 1.58 bits per heavy atom. The average molecular weight is 500 g/mol. The Hall–Kier alpha value is -3.14. The zero-order valence-corrected chi connectivity index (χ0v) is 19.5. The fourth-order valence-electron chi connectivity index (χ4n) is 3.14. The summed E-state index contributed by atoms with van der Waals surface area (Å²) in [5.74, 6) is -0.777. The third kappa shape index (κ3) is 5.44. The molecule has 10 heteroatoms. The summed E-state index contributed by atoms with van der Waals surface area (Å²) in [6.45, 7) is 0. The molecule has 4 rings (SSSR count). The van der Waals surface area contributed by atoms with E-state index in [1.54, 1.807) is 54.6 Å². The van der Waals surface area contributed by atoms with Crippen molar-refractivity contribution in [2.45, 2.75) is 16.6 Å². The van der Waals surface area contributed by atoms with Crippen LogP contribution in [0.25, 0.3) is 0 Å². The van der Waals surface area contributed by atoms with E-state index >= 15 is 0 Å². The Morgan fingerprint density at radius 1 is 0.970 bits per heavy atom. The maximum atomic E-state index is 13.2. The highest BCUT2D eigenvalue weighted by Crippen LogP contribution is 2.35. The van der Waals surface area contributed by atoms with E-state index in [0.29, 0.717) is 16.4 Å². The van der Waals surface area contributed by atoms with Gasteiger partial charge < -0.3 is 5.32 Å². The summed E-state index contributed by atoms with van der Waals surface area (Å²) in [5.41, 5.74) is 1.07. The number of carbonyl (C=O) groups is 2. The van der Waals surface area contributed by atoms with Crippen molar-refractivity contribution in [2.24, 2.45) is 4.40 Å².